The molecule has 0 radical (unpaired) electrons. The quantitative estimate of drug-likeness (QED) is 0.517. The second-order valence-corrected chi connectivity index (χ2v) is 7.64. The van der Waals surface area contributed by atoms with Gasteiger partial charge in [0.2, 0.25) is 5.91 Å². The molecule has 152 valence electrons. The number of amides is 1. The van der Waals surface area contributed by atoms with Crippen LogP contribution in [0.5, 0.6) is 0 Å². The molecule has 0 atom stereocenters. The highest BCUT2D eigenvalue weighted by Gasteiger charge is 2.17. The molecule has 2 aromatic heterocycles. The van der Waals surface area contributed by atoms with E-state index in [2.05, 4.69) is 5.32 Å². The molecule has 0 saturated heterocycles. The summed E-state index contributed by atoms with van der Waals surface area (Å²) in [6.45, 7) is -0.129. The lowest BCUT2D eigenvalue weighted by Crippen LogP contribution is -2.41. The minimum Gasteiger partial charge on any atom is -0.322 e. The number of hydrogen-bond acceptors (Lipinski definition) is 4. The molecule has 0 spiro atoms. The number of benzene rings is 2. The van der Waals surface area contributed by atoms with Crippen LogP contribution in [0.4, 0.5) is 10.1 Å². The van der Waals surface area contributed by atoms with Crippen molar-refractivity contribution in [1.82, 2.24) is 9.13 Å². The number of halogens is 1. The summed E-state index contributed by atoms with van der Waals surface area (Å²) >= 11 is 1.22. The molecule has 2 aromatic carbocycles. The molecule has 1 amide bonds. The van der Waals surface area contributed by atoms with Crippen LogP contribution in [0.25, 0.3) is 10.2 Å². The van der Waals surface area contributed by atoms with Crippen molar-refractivity contribution in [2.45, 2.75) is 19.5 Å². The van der Waals surface area contributed by atoms with Crippen LogP contribution in [0.15, 0.2) is 75.6 Å². The van der Waals surface area contributed by atoms with Crippen LogP contribution in [0, 0.1) is 5.82 Å². The van der Waals surface area contributed by atoms with Crippen molar-refractivity contribution in [1.29, 1.82) is 0 Å². The molecular formula is C22H18FN3O3S. The van der Waals surface area contributed by atoms with E-state index in [9.17, 15) is 18.8 Å². The van der Waals surface area contributed by atoms with Crippen molar-refractivity contribution in [3.05, 3.63) is 98.3 Å². The SMILES string of the molecule is O=C(Cn1c(=O)n(CCc2ccccc2)c(=O)c2sccc21)Nc1ccccc1F. The number of nitrogens with zero attached hydrogens (tertiary/aromatic N) is 2. The van der Waals surface area contributed by atoms with E-state index in [-0.39, 0.29) is 24.3 Å². The second-order valence-electron chi connectivity index (χ2n) is 6.72. The third-order valence-corrected chi connectivity index (χ3v) is 5.64. The summed E-state index contributed by atoms with van der Waals surface area (Å²) in [6, 6.07) is 17.0. The number of rotatable bonds is 6. The molecule has 0 bridgehead atoms. The van der Waals surface area contributed by atoms with Crippen molar-refractivity contribution in [3.8, 4) is 0 Å². The summed E-state index contributed by atoms with van der Waals surface area (Å²) in [5.41, 5.74) is 0.500. The van der Waals surface area contributed by atoms with Gasteiger partial charge in [-0.1, -0.05) is 42.5 Å². The summed E-state index contributed by atoms with van der Waals surface area (Å²) in [4.78, 5) is 38.4. The van der Waals surface area contributed by atoms with Gasteiger partial charge in [0.1, 0.15) is 17.1 Å². The zero-order valence-corrected chi connectivity index (χ0v) is 16.7. The maximum absolute atomic E-state index is 13.8. The molecule has 1 N–H and O–H groups in total. The third kappa shape index (κ3) is 3.95. The molecule has 6 nitrogen and oxygen atoms in total. The fourth-order valence-corrected chi connectivity index (χ4v) is 4.11. The van der Waals surface area contributed by atoms with E-state index in [0.717, 1.165) is 10.1 Å². The highest BCUT2D eigenvalue weighted by Crippen LogP contribution is 2.16. The van der Waals surface area contributed by atoms with Crippen LogP contribution in [0.1, 0.15) is 5.56 Å². The second kappa shape index (κ2) is 8.46. The highest BCUT2D eigenvalue weighted by molar-refractivity contribution is 7.17. The number of anilines is 1. The Balaban J connectivity index is 1.66. The largest absolute Gasteiger partial charge is 0.332 e. The zero-order valence-electron chi connectivity index (χ0n) is 15.9. The van der Waals surface area contributed by atoms with Crippen molar-refractivity contribution >= 4 is 33.1 Å². The van der Waals surface area contributed by atoms with Crippen LogP contribution >= 0.6 is 11.3 Å². The Morgan fingerprint density at radius 3 is 2.47 bits per heavy atom. The van der Waals surface area contributed by atoms with Crippen LogP contribution in [-0.2, 0) is 24.3 Å². The summed E-state index contributed by atoms with van der Waals surface area (Å²) in [7, 11) is 0. The average molecular weight is 423 g/mol. The number of aromatic nitrogens is 2. The van der Waals surface area contributed by atoms with Gasteiger partial charge in [0.05, 0.1) is 11.2 Å². The standard InChI is InChI=1S/C22H18FN3O3S/c23-16-8-4-5-9-17(16)24-19(27)14-26-18-11-13-30-20(18)21(28)25(22(26)29)12-10-15-6-2-1-3-7-15/h1-9,11,13H,10,12,14H2,(H,24,27). The lowest BCUT2D eigenvalue weighted by molar-refractivity contribution is -0.116. The summed E-state index contributed by atoms with van der Waals surface area (Å²) in [6.07, 6.45) is 0.508. The van der Waals surface area contributed by atoms with Gasteiger partial charge in [-0.05, 0) is 35.6 Å². The highest BCUT2D eigenvalue weighted by atomic mass is 32.1. The van der Waals surface area contributed by atoms with Crippen molar-refractivity contribution < 1.29 is 9.18 Å². The molecule has 0 fully saturated rings. The van der Waals surface area contributed by atoms with E-state index in [0.29, 0.717) is 16.6 Å². The van der Waals surface area contributed by atoms with Crippen LogP contribution in [0.3, 0.4) is 0 Å². The van der Waals surface area contributed by atoms with E-state index in [1.807, 2.05) is 30.3 Å². The molecule has 0 saturated carbocycles. The molecule has 4 aromatic rings. The minimum atomic E-state index is -0.564. The normalized spacial score (nSPS) is 11.0. The number of aryl methyl sites for hydroxylation is 1. The predicted octanol–water partition coefficient (Wildman–Crippen LogP) is 3.25. The zero-order chi connectivity index (χ0) is 21.1. The van der Waals surface area contributed by atoms with Crippen molar-refractivity contribution in [3.63, 3.8) is 0 Å². The van der Waals surface area contributed by atoms with E-state index >= 15 is 0 Å². The Kier molecular flexibility index (Phi) is 5.58. The molecular weight excluding hydrogens is 405 g/mol. The van der Waals surface area contributed by atoms with Crippen LogP contribution in [0.2, 0.25) is 0 Å². The maximum atomic E-state index is 13.8. The van der Waals surface area contributed by atoms with Gasteiger partial charge in [0, 0.05) is 6.54 Å². The number of nitrogens with one attached hydrogen (secondary N) is 1. The Morgan fingerprint density at radius 2 is 1.70 bits per heavy atom. The summed E-state index contributed by atoms with van der Waals surface area (Å²) in [5.74, 6) is -1.12. The first-order valence-corrected chi connectivity index (χ1v) is 10.2. The molecule has 0 aliphatic rings. The lowest BCUT2D eigenvalue weighted by Gasteiger charge is -2.13. The number of carbonyl (C=O) groups excluding carboxylic acids is 1. The smallest absolute Gasteiger partial charge is 0.322 e. The van der Waals surface area contributed by atoms with Crippen molar-refractivity contribution in [2.24, 2.45) is 0 Å². The number of thiophene rings is 1. The van der Waals surface area contributed by atoms with Gasteiger partial charge in [-0.25, -0.2) is 9.18 Å². The Hall–Kier alpha value is -3.52. The van der Waals surface area contributed by atoms with Gasteiger partial charge < -0.3 is 5.32 Å². The Labute approximate surface area is 174 Å². The van der Waals surface area contributed by atoms with E-state index in [4.69, 9.17) is 0 Å². The fraction of sp³-hybridized carbons (Fsp3) is 0.136. The maximum Gasteiger partial charge on any atom is 0.332 e. The van der Waals surface area contributed by atoms with Gasteiger partial charge in [-0.3, -0.25) is 18.7 Å². The van der Waals surface area contributed by atoms with Crippen LogP contribution < -0.4 is 16.6 Å². The van der Waals surface area contributed by atoms with Gasteiger partial charge in [-0.15, -0.1) is 11.3 Å². The van der Waals surface area contributed by atoms with E-state index < -0.39 is 17.4 Å². The predicted molar refractivity (Wildman–Crippen MR) is 116 cm³/mol. The molecule has 0 aliphatic heterocycles. The van der Waals surface area contributed by atoms with Gasteiger partial charge in [-0.2, -0.15) is 0 Å². The van der Waals surface area contributed by atoms with Gasteiger partial charge >= 0.3 is 5.69 Å². The number of fused-ring (bicyclic) bond motifs is 1. The molecule has 4 rings (SSSR count). The van der Waals surface area contributed by atoms with Crippen LogP contribution in [-0.4, -0.2) is 15.0 Å². The average Bonchev–Trinajstić information content (AvgIpc) is 3.24. The summed E-state index contributed by atoms with van der Waals surface area (Å²) < 4.78 is 16.6. The van der Waals surface area contributed by atoms with Gasteiger partial charge in [0.25, 0.3) is 5.56 Å². The van der Waals surface area contributed by atoms with Crippen molar-refractivity contribution in [2.75, 3.05) is 5.32 Å². The fourth-order valence-electron chi connectivity index (χ4n) is 3.26. The van der Waals surface area contributed by atoms with Gasteiger partial charge in [0.15, 0.2) is 0 Å². The lowest BCUT2D eigenvalue weighted by atomic mass is 10.1. The number of carbonyl (C=O) groups is 1. The molecule has 30 heavy (non-hydrogen) atoms. The molecule has 8 heteroatoms. The van der Waals surface area contributed by atoms with E-state index in [1.54, 1.807) is 17.5 Å². The topological polar surface area (TPSA) is 73.1 Å². The molecule has 0 unspecified atom stereocenters. The summed E-state index contributed by atoms with van der Waals surface area (Å²) in [5, 5.41) is 4.18. The number of hydrogen-bond donors (Lipinski definition) is 1. The third-order valence-electron chi connectivity index (χ3n) is 4.75. The van der Waals surface area contributed by atoms with E-state index in [1.165, 1.54) is 34.1 Å². The molecule has 2 heterocycles. The minimum absolute atomic E-state index is 0.0366. The monoisotopic (exact) mass is 423 g/mol. The number of para-hydroxylation sites is 1. The Bertz CT molecular complexity index is 1320. The molecule has 0 aliphatic carbocycles. The first kappa shape index (κ1) is 19.8. The Morgan fingerprint density at radius 1 is 0.967 bits per heavy atom. The first-order chi connectivity index (χ1) is 14.5. The first-order valence-electron chi connectivity index (χ1n) is 9.34.